The standard InChI is InChI=1S/C13H8Br2ClN3O2/c14-9-4-7(5-10(15)11(9)20)6-18-19-13(21)8-2-1-3-17-12(8)16/h1-6,20H,(H,19,21). The van der Waals surface area contributed by atoms with E-state index in [0.29, 0.717) is 14.5 Å². The molecular weight excluding hydrogens is 425 g/mol. The van der Waals surface area contributed by atoms with Gasteiger partial charge >= 0.3 is 0 Å². The molecule has 1 aromatic carbocycles. The van der Waals surface area contributed by atoms with Crippen LogP contribution in [0.1, 0.15) is 15.9 Å². The Morgan fingerprint density at radius 2 is 2.05 bits per heavy atom. The number of phenolic OH excluding ortho intramolecular Hbond substituents is 1. The van der Waals surface area contributed by atoms with E-state index in [1.165, 1.54) is 12.4 Å². The Bertz CT molecular complexity index is 699. The van der Waals surface area contributed by atoms with Crippen molar-refractivity contribution >= 4 is 55.6 Å². The predicted octanol–water partition coefficient (Wildman–Crippen LogP) is 3.73. The molecule has 0 fully saturated rings. The number of amides is 1. The minimum atomic E-state index is -0.457. The van der Waals surface area contributed by atoms with Gasteiger partial charge in [-0.2, -0.15) is 5.10 Å². The summed E-state index contributed by atoms with van der Waals surface area (Å²) in [5.41, 5.74) is 3.28. The number of pyridine rings is 1. The smallest absolute Gasteiger partial charge is 0.274 e. The quantitative estimate of drug-likeness (QED) is 0.440. The summed E-state index contributed by atoms with van der Waals surface area (Å²) in [5.74, 6) is -0.361. The number of rotatable bonds is 3. The molecule has 1 aromatic heterocycles. The minimum absolute atomic E-state index is 0.0957. The largest absolute Gasteiger partial charge is 0.506 e. The van der Waals surface area contributed by atoms with Gasteiger partial charge in [0.1, 0.15) is 10.9 Å². The number of hydrazone groups is 1. The van der Waals surface area contributed by atoms with E-state index in [-0.39, 0.29) is 16.5 Å². The van der Waals surface area contributed by atoms with Gasteiger partial charge in [0, 0.05) is 6.20 Å². The third-order valence-electron chi connectivity index (χ3n) is 2.42. The normalized spacial score (nSPS) is 10.8. The van der Waals surface area contributed by atoms with Crippen LogP contribution in [0.5, 0.6) is 5.75 Å². The first-order valence-corrected chi connectivity index (χ1v) is 7.57. The Morgan fingerprint density at radius 3 is 2.67 bits per heavy atom. The summed E-state index contributed by atoms with van der Waals surface area (Å²) in [6.07, 6.45) is 2.94. The van der Waals surface area contributed by atoms with Crippen molar-refractivity contribution in [1.29, 1.82) is 0 Å². The molecule has 0 aliphatic carbocycles. The van der Waals surface area contributed by atoms with Crippen LogP contribution in [0.4, 0.5) is 0 Å². The lowest BCUT2D eigenvalue weighted by Crippen LogP contribution is -2.18. The van der Waals surface area contributed by atoms with E-state index in [4.69, 9.17) is 11.6 Å². The Kier molecular flexibility index (Phi) is 5.33. The summed E-state index contributed by atoms with van der Waals surface area (Å²) in [6.45, 7) is 0. The predicted molar refractivity (Wildman–Crippen MR) is 87.8 cm³/mol. The Balaban J connectivity index is 2.10. The molecule has 0 unspecified atom stereocenters. The van der Waals surface area contributed by atoms with Crippen LogP contribution in [-0.4, -0.2) is 22.2 Å². The summed E-state index contributed by atoms with van der Waals surface area (Å²) in [4.78, 5) is 15.6. The van der Waals surface area contributed by atoms with Gasteiger partial charge in [-0.1, -0.05) is 11.6 Å². The van der Waals surface area contributed by atoms with Gasteiger partial charge < -0.3 is 5.11 Å². The Hall–Kier alpha value is -1.44. The number of aromatic hydroxyl groups is 1. The lowest BCUT2D eigenvalue weighted by molar-refractivity contribution is 0.0955. The first-order valence-electron chi connectivity index (χ1n) is 5.61. The molecule has 2 aromatic rings. The highest BCUT2D eigenvalue weighted by molar-refractivity contribution is 9.11. The average molecular weight is 433 g/mol. The minimum Gasteiger partial charge on any atom is -0.506 e. The van der Waals surface area contributed by atoms with Gasteiger partial charge in [-0.25, -0.2) is 10.4 Å². The van der Waals surface area contributed by atoms with Gasteiger partial charge in [0.05, 0.1) is 20.7 Å². The highest BCUT2D eigenvalue weighted by Gasteiger charge is 2.09. The van der Waals surface area contributed by atoms with Gasteiger partial charge in [-0.05, 0) is 61.7 Å². The van der Waals surface area contributed by atoms with Gasteiger partial charge in [0.15, 0.2) is 0 Å². The second kappa shape index (κ2) is 7.02. The van der Waals surface area contributed by atoms with Crippen molar-refractivity contribution in [1.82, 2.24) is 10.4 Å². The van der Waals surface area contributed by atoms with Crippen molar-refractivity contribution in [2.45, 2.75) is 0 Å². The number of phenols is 1. The maximum Gasteiger partial charge on any atom is 0.274 e. The zero-order chi connectivity index (χ0) is 15.4. The molecule has 2 N–H and O–H groups in total. The second-order valence-corrected chi connectivity index (χ2v) is 5.94. The molecule has 1 heterocycles. The molecule has 108 valence electrons. The van der Waals surface area contributed by atoms with E-state index in [0.717, 1.165) is 0 Å². The molecule has 21 heavy (non-hydrogen) atoms. The van der Waals surface area contributed by atoms with Gasteiger partial charge in [-0.15, -0.1) is 0 Å². The fourth-order valence-electron chi connectivity index (χ4n) is 1.44. The van der Waals surface area contributed by atoms with Crippen LogP contribution >= 0.6 is 43.5 Å². The summed E-state index contributed by atoms with van der Waals surface area (Å²) in [5, 5.41) is 13.5. The first kappa shape index (κ1) is 15.9. The molecule has 0 bridgehead atoms. The first-order chi connectivity index (χ1) is 9.99. The van der Waals surface area contributed by atoms with Crippen molar-refractivity contribution in [2.24, 2.45) is 5.10 Å². The van der Waals surface area contributed by atoms with Gasteiger partial charge in [-0.3, -0.25) is 4.79 Å². The van der Waals surface area contributed by atoms with Crippen LogP contribution in [-0.2, 0) is 0 Å². The van der Waals surface area contributed by atoms with E-state index >= 15 is 0 Å². The van der Waals surface area contributed by atoms with Crippen molar-refractivity contribution in [2.75, 3.05) is 0 Å². The number of hydrogen-bond donors (Lipinski definition) is 2. The van der Waals surface area contributed by atoms with Crippen LogP contribution < -0.4 is 5.43 Å². The van der Waals surface area contributed by atoms with E-state index in [1.54, 1.807) is 24.3 Å². The van der Waals surface area contributed by atoms with E-state index in [1.807, 2.05) is 0 Å². The maximum atomic E-state index is 11.8. The number of benzene rings is 1. The maximum absolute atomic E-state index is 11.8. The van der Waals surface area contributed by atoms with E-state index in [2.05, 4.69) is 47.4 Å². The summed E-state index contributed by atoms with van der Waals surface area (Å²) in [6, 6.07) is 6.48. The number of nitrogens with one attached hydrogen (secondary N) is 1. The second-order valence-electron chi connectivity index (χ2n) is 3.87. The molecule has 2 rings (SSSR count). The topological polar surface area (TPSA) is 74.6 Å². The monoisotopic (exact) mass is 431 g/mol. The zero-order valence-corrected chi connectivity index (χ0v) is 14.3. The molecule has 0 spiro atoms. The average Bonchev–Trinajstić information content (AvgIpc) is 2.45. The van der Waals surface area contributed by atoms with Crippen LogP contribution in [0.2, 0.25) is 5.15 Å². The number of carbonyl (C=O) groups excluding carboxylic acids is 1. The number of aromatic nitrogens is 1. The summed E-state index contributed by atoms with van der Waals surface area (Å²) < 4.78 is 1.03. The summed E-state index contributed by atoms with van der Waals surface area (Å²) >= 11 is 12.2. The van der Waals surface area contributed by atoms with Crippen LogP contribution in [0.3, 0.4) is 0 Å². The van der Waals surface area contributed by atoms with Crippen molar-refractivity contribution in [3.63, 3.8) is 0 Å². The Labute approximate surface area is 142 Å². The fraction of sp³-hybridized carbons (Fsp3) is 0. The number of nitrogens with zero attached hydrogens (tertiary/aromatic N) is 2. The molecular formula is C13H8Br2ClN3O2. The van der Waals surface area contributed by atoms with Crippen molar-refractivity contribution < 1.29 is 9.90 Å². The highest BCUT2D eigenvalue weighted by atomic mass is 79.9. The molecule has 5 nitrogen and oxygen atoms in total. The molecule has 0 radical (unpaired) electrons. The summed E-state index contributed by atoms with van der Waals surface area (Å²) in [7, 11) is 0. The van der Waals surface area contributed by atoms with Gasteiger partial charge in [0.25, 0.3) is 5.91 Å². The lowest BCUT2D eigenvalue weighted by Gasteiger charge is -2.03. The van der Waals surface area contributed by atoms with E-state index in [9.17, 15) is 9.90 Å². The molecule has 0 aliphatic rings. The van der Waals surface area contributed by atoms with Crippen molar-refractivity contribution in [3.05, 3.63) is 55.7 Å². The van der Waals surface area contributed by atoms with E-state index < -0.39 is 5.91 Å². The number of halogens is 3. The lowest BCUT2D eigenvalue weighted by atomic mass is 10.2. The molecule has 1 amide bonds. The van der Waals surface area contributed by atoms with Crippen LogP contribution in [0.25, 0.3) is 0 Å². The van der Waals surface area contributed by atoms with Crippen molar-refractivity contribution in [3.8, 4) is 5.75 Å². The molecule has 0 atom stereocenters. The third kappa shape index (κ3) is 4.03. The molecule has 8 heteroatoms. The zero-order valence-electron chi connectivity index (χ0n) is 10.3. The molecule has 0 saturated carbocycles. The third-order valence-corrected chi connectivity index (χ3v) is 3.93. The van der Waals surface area contributed by atoms with Crippen LogP contribution in [0, 0.1) is 0 Å². The highest BCUT2D eigenvalue weighted by Crippen LogP contribution is 2.32. The fourth-order valence-corrected chi connectivity index (χ4v) is 2.87. The molecule has 0 saturated heterocycles. The Morgan fingerprint density at radius 1 is 1.38 bits per heavy atom. The number of carbonyl (C=O) groups is 1. The SMILES string of the molecule is O=C(NN=Cc1cc(Br)c(O)c(Br)c1)c1cccnc1Cl. The van der Waals surface area contributed by atoms with Crippen LogP contribution in [0.15, 0.2) is 44.5 Å². The van der Waals surface area contributed by atoms with Gasteiger partial charge in [0.2, 0.25) is 0 Å². The number of hydrogen-bond acceptors (Lipinski definition) is 4. The molecule has 0 aliphatic heterocycles.